The summed E-state index contributed by atoms with van der Waals surface area (Å²) in [5, 5.41) is 20.3. The van der Waals surface area contributed by atoms with Crippen molar-refractivity contribution in [1.29, 1.82) is 0 Å². The summed E-state index contributed by atoms with van der Waals surface area (Å²) in [6.07, 6.45) is 0. The minimum Gasteiger partial charge on any atom is -0.508 e. The van der Waals surface area contributed by atoms with Crippen LogP contribution in [0.3, 0.4) is 0 Å². The van der Waals surface area contributed by atoms with Crippen LogP contribution < -0.4 is 0 Å². The lowest BCUT2D eigenvalue weighted by Gasteiger charge is -2.31. The van der Waals surface area contributed by atoms with Crippen LogP contribution in [0.4, 0.5) is 0 Å². The monoisotopic (exact) mass is 392 g/mol. The first-order chi connectivity index (χ1) is 9.02. The maximum atomic E-state index is 10.3. The van der Waals surface area contributed by atoms with Crippen molar-refractivity contribution in [2.45, 2.75) is 21.0 Å². The second-order valence-corrected chi connectivity index (χ2v) is 8.05. The lowest BCUT2D eigenvalue weighted by Crippen LogP contribution is -2.39. The Bertz CT molecular complexity index is 698. The van der Waals surface area contributed by atoms with Crippen LogP contribution in [-0.4, -0.2) is 14.5 Å². The molecule has 108 valence electrons. The molecule has 3 rings (SSSR count). The van der Waals surface area contributed by atoms with Crippen LogP contribution in [0.2, 0.25) is 0 Å². The number of phenolic OH excluding ortho intramolecular Hbond substituents is 2. The van der Waals surface area contributed by atoms with E-state index in [1.807, 2.05) is 0 Å². The summed E-state index contributed by atoms with van der Waals surface area (Å²) in [5.41, 5.74) is 0.557. The van der Waals surface area contributed by atoms with E-state index in [1.165, 1.54) is 6.07 Å². The summed E-state index contributed by atoms with van der Waals surface area (Å²) < 4.78 is -1.86. The molecule has 0 spiro atoms. The third kappa shape index (κ3) is 1.25. The van der Waals surface area contributed by atoms with Gasteiger partial charge in [-0.1, -0.05) is 46.4 Å². The maximum Gasteiger partial charge on any atom is 0.174 e. The Morgan fingerprint density at radius 3 is 1.85 bits per heavy atom. The maximum absolute atomic E-state index is 10.3. The van der Waals surface area contributed by atoms with Crippen molar-refractivity contribution in [3.63, 3.8) is 0 Å². The quantitative estimate of drug-likeness (QED) is 0.471. The lowest BCUT2D eigenvalue weighted by atomic mass is 9.92. The highest BCUT2D eigenvalue weighted by molar-refractivity contribution is 6.65. The Morgan fingerprint density at radius 1 is 0.900 bits per heavy atom. The van der Waals surface area contributed by atoms with Crippen LogP contribution >= 0.6 is 69.6 Å². The van der Waals surface area contributed by atoms with Crippen molar-refractivity contribution >= 4 is 69.6 Å². The normalized spacial score (nSPS) is 33.8. The number of aromatic hydroxyl groups is 2. The number of fused-ring (bicyclic) bond motifs is 5. The molecule has 0 saturated heterocycles. The van der Waals surface area contributed by atoms with Crippen molar-refractivity contribution in [2.24, 2.45) is 0 Å². The molecule has 2 aliphatic rings. The van der Waals surface area contributed by atoms with E-state index in [1.54, 1.807) is 6.92 Å². The topological polar surface area (TPSA) is 40.5 Å². The average molecular weight is 395 g/mol. The number of benzene rings is 1. The number of aryl methyl sites for hydroxylation is 1. The minimum atomic E-state index is -1.86. The van der Waals surface area contributed by atoms with E-state index >= 15 is 0 Å². The minimum absolute atomic E-state index is 0.0615. The second kappa shape index (κ2) is 3.98. The lowest BCUT2D eigenvalue weighted by molar-refractivity contribution is 0.444. The molecule has 2 atom stereocenters. The highest BCUT2D eigenvalue weighted by atomic mass is 35.5. The summed E-state index contributed by atoms with van der Waals surface area (Å²) in [5.74, 6) is -0.385. The van der Waals surface area contributed by atoms with E-state index in [2.05, 4.69) is 0 Å². The third-order valence-corrected chi connectivity index (χ3v) is 7.90. The van der Waals surface area contributed by atoms with E-state index in [0.717, 1.165) is 0 Å². The van der Waals surface area contributed by atoms with Gasteiger partial charge < -0.3 is 10.2 Å². The van der Waals surface area contributed by atoms with Crippen molar-refractivity contribution in [2.75, 3.05) is 0 Å². The van der Waals surface area contributed by atoms with Gasteiger partial charge in [-0.3, -0.25) is 0 Å². The molecule has 0 fully saturated rings. The number of allylic oxidation sites excluding steroid dienone is 2. The summed E-state index contributed by atoms with van der Waals surface area (Å²) in [6.45, 7) is 1.59. The van der Waals surface area contributed by atoms with Crippen LogP contribution in [-0.2, 0) is 9.75 Å². The Balaban J connectivity index is 2.56. The van der Waals surface area contributed by atoms with Gasteiger partial charge in [0.1, 0.15) is 21.2 Å². The van der Waals surface area contributed by atoms with E-state index in [4.69, 9.17) is 69.6 Å². The van der Waals surface area contributed by atoms with Gasteiger partial charge in [-0.25, -0.2) is 0 Å². The molecule has 2 aliphatic carbocycles. The zero-order valence-corrected chi connectivity index (χ0v) is 14.3. The van der Waals surface area contributed by atoms with Gasteiger partial charge in [-0.2, -0.15) is 0 Å². The molecule has 1 aromatic carbocycles. The number of phenols is 2. The molecular formula is C12H6Cl6O2. The Hall–Kier alpha value is 0.300. The highest BCUT2D eigenvalue weighted by Gasteiger charge is 2.78. The molecule has 2 N–H and O–H groups in total. The number of rotatable bonds is 0. The Kier molecular flexibility index (Phi) is 3.03. The molecule has 2 bridgehead atoms. The van der Waals surface area contributed by atoms with Crippen LogP contribution in [0.25, 0.3) is 0 Å². The number of hydrogen-bond acceptors (Lipinski definition) is 2. The van der Waals surface area contributed by atoms with Gasteiger partial charge in [-0.15, -0.1) is 23.2 Å². The molecule has 20 heavy (non-hydrogen) atoms. The fourth-order valence-electron chi connectivity index (χ4n) is 2.82. The predicted molar refractivity (Wildman–Crippen MR) is 82.7 cm³/mol. The Labute approximate surface area is 144 Å². The molecule has 8 heteroatoms. The first kappa shape index (κ1) is 15.2. The zero-order chi connectivity index (χ0) is 15.2. The molecule has 0 radical (unpaired) electrons. The summed E-state index contributed by atoms with van der Waals surface area (Å²) in [6, 6.07) is 1.33. The average Bonchev–Trinajstić information content (AvgIpc) is 2.56. The molecule has 2 nitrogen and oxygen atoms in total. The molecule has 0 heterocycles. The molecule has 1 aromatic rings. The van der Waals surface area contributed by atoms with Gasteiger partial charge in [0.2, 0.25) is 0 Å². The zero-order valence-electron chi connectivity index (χ0n) is 9.74. The fourth-order valence-corrected chi connectivity index (χ4v) is 5.52. The van der Waals surface area contributed by atoms with Crippen molar-refractivity contribution in [3.05, 3.63) is 32.8 Å². The van der Waals surface area contributed by atoms with Crippen molar-refractivity contribution < 1.29 is 10.2 Å². The molecule has 0 saturated carbocycles. The van der Waals surface area contributed by atoms with E-state index in [9.17, 15) is 10.2 Å². The van der Waals surface area contributed by atoms with Gasteiger partial charge in [-0.05, 0) is 18.6 Å². The standard InChI is InChI=1S/C12H6Cl6O2/c1-3-2-4(19)5-6(7(3)20)11(16)9(14)8(13)10(5,15)12(11,17)18/h2,19-20H,1H3. The largest absolute Gasteiger partial charge is 0.508 e. The fraction of sp³-hybridized carbons (Fsp3) is 0.333. The third-order valence-electron chi connectivity index (χ3n) is 3.82. The van der Waals surface area contributed by atoms with Crippen molar-refractivity contribution in [1.82, 2.24) is 0 Å². The number of hydrogen-bond donors (Lipinski definition) is 2. The first-order valence-electron chi connectivity index (χ1n) is 5.41. The smallest absolute Gasteiger partial charge is 0.174 e. The summed E-state index contributed by atoms with van der Waals surface area (Å²) in [4.78, 5) is -3.44. The summed E-state index contributed by atoms with van der Waals surface area (Å²) >= 11 is 38.0. The predicted octanol–water partition coefficient (Wildman–Crippen LogP) is 5.16. The summed E-state index contributed by atoms with van der Waals surface area (Å²) in [7, 11) is 0. The van der Waals surface area contributed by atoms with E-state index < -0.39 is 14.1 Å². The highest BCUT2D eigenvalue weighted by Crippen LogP contribution is 2.79. The van der Waals surface area contributed by atoms with Gasteiger partial charge in [0.25, 0.3) is 0 Å². The molecular weight excluding hydrogens is 389 g/mol. The van der Waals surface area contributed by atoms with Gasteiger partial charge in [0.05, 0.1) is 10.1 Å². The van der Waals surface area contributed by atoms with Crippen molar-refractivity contribution in [3.8, 4) is 11.5 Å². The molecule has 2 unspecified atom stereocenters. The molecule has 0 aliphatic heterocycles. The SMILES string of the molecule is Cc1cc(O)c2c(c1O)C1(Cl)C(Cl)=C(Cl)C2(Cl)C1(Cl)Cl. The second-order valence-electron chi connectivity index (χ2n) is 4.83. The number of halogens is 6. The van der Waals surface area contributed by atoms with Crippen LogP contribution in [0, 0.1) is 6.92 Å². The van der Waals surface area contributed by atoms with E-state index in [-0.39, 0.29) is 32.7 Å². The van der Waals surface area contributed by atoms with Crippen LogP contribution in [0.1, 0.15) is 16.7 Å². The van der Waals surface area contributed by atoms with Gasteiger partial charge in [0, 0.05) is 11.1 Å². The first-order valence-corrected chi connectivity index (χ1v) is 7.68. The van der Waals surface area contributed by atoms with Crippen LogP contribution in [0.5, 0.6) is 11.5 Å². The van der Waals surface area contributed by atoms with Gasteiger partial charge in [0.15, 0.2) is 4.33 Å². The van der Waals surface area contributed by atoms with E-state index in [0.29, 0.717) is 5.56 Å². The molecule has 0 amide bonds. The Morgan fingerprint density at radius 2 is 1.35 bits per heavy atom. The van der Waals surface area contributed by atoms with Crippen LogP contribution in [0.15, 0.2) is 16.1 Å². The molecule has 0 aromatic heterocycles. The number of alkyl halides is 4. The van der Waals surface area contributed by atoms with Gasteiger partial charge >= 0.3 is 0 Å².